The summed E-state index contributed by atoms with van der Waals surface area (Å²) in [6, 6.07) is 1.93. The number of carboxylic acid groups (broad SMARTS) is 1. The summed E-state index contributed by atoms with van der Waals surface area (Å²) < 4.78 is 5.19. The minimum absolute atomic E-state index is 0.0196. The lowest BCUT2D eigenvalue weighted by Crippen LogP contribution is -2.39. The average molecular weight is 238 g/mol. The summed E-state index contributed by atoms with van der Waals surface area (Å²) in [7, 11) is 0. The maximum atomic E-state index is 10.8. The van der Waals surface area contributed by atoms with E-state index in [9.17, 15) is 4.79 Å². The average Bonchev–Trinajstić information content (AvgIpc) is 2.64. The molecule has 3 N–H and O–H groups in total. The van der Waals surface area contributed by atoms with Gasteiger partial charge in [-0.3, -0.25) is 4.90 Å². The molecule has 1 aromatic rings. The molecule has 0 aliphatic carbocycles. The molecular weight excluding hydrogens is 220 g/mol. The van der Waals surface area contributed by atoms with E-state index in [2.05, 4.69) is 4.90 Å². The summed E-state index contributed by atoms with van der Waals surface area (Å²) in [6.07, 6.45) is 2.01. The van der Waals surface area contributed by atoms with Gasteiger partial charge in [-0.1, -0.05) is 0 Å². The highest BCUT2D eigenvalue weighted by Gasteiger charge is 2.19. The predicted molar refractivity (Wildman–Crippen MR) is 62.9 cm³/mol. The van der Waals surface area contributed by atoms with Gasteiger partial charge in [0.05, 0.1) is 0 Å². The molecule has 1 fully saturated rings. The molecule has 1 saturated heterocycles. The number of rotatable bonds is 3. The van der Waals surface area contributed by atoms with Crippen LogP contribution in [0.3, 0.4) is 0 Å². The molecule has 0 amide bonds. The van der Waals surface area contributed by atoms with Crippen LogP contribution in [0.1, 0.15) is 34.7 Å². The Bertz CT molecular complexity index is 406. The van der Waals surface area contributed by atoms with Crippen molar-refractivity contribution in [2.24, 2.45) is 5.73 Å². The molecular formula is C12H18N2O3. The summed E-state index contributed by atoms with van der Waals surface area (Å²) >= 11 is 0. The van der Waals surface area contributed by atoms with Crippen LogP contribution in [-0.2, 0) is 6.54 Å². The lowest BCUT2D eigenvalue weighted by molar-refractivity contribution is 0.0661. The largest absolute Gasteiger partial charge is 0.475 e. The zero-order chi connectivity index (χ0) is 12.4. The highest BCUT2D eigenvalue weighted by atomic mass is 16.4. The minimum Gasteiger partial charge on any atom is -0.475 e. The highest BCUT2D eigenvalue weighted by Crippen LogP contribution is 2.19. The summed E-state index contributed by atoms with van der Waals surface area (Å²) in [6.45, 7) is 4.48. The molecule has 0 bridgehead atoms. The predicted octanol–water partition coefficient (Wildman–Crippen LogP) is 1.21. The fourth-order valence-corrected chi connectivity index (χ4v) is 2.13. The van der Waals surface area contributed by atoms with Gasteiger partial charge in [-0.15, -0.1) is 0 Å². The lowest BCUT2D eigenvalue weighted by Gasteiger charge is -2.29. The Morgan fingerprint density at radius 1 is 1.59 bits per heavy atom. The number of hydrogen-bond acceptors (Lipinski definition) is 4. The fourth-order valence-electron chi connectivity index (χ4n) is 2.13. The van der Waals surface area contributed by atoms with E-state index >= 15 is 0 Å². The van der Waals surface area contributed by atoms with Gasteiger partial charge in [0.25, 0.3) is 0 Å². The third kappa shape index (κ3) is 2.87. The van der Waals surface area contributed by atoms with Crippen molar-refractivity contribution in [2.75, 3.05) is 13.1 Å². The van der Waals surface area contributed by atoms with Crippen LogP contribution < -0.4 is 5.73 Å². The first-order valence-corrected chi connectivity index (χ1v) is 5.87. The van der Waals surface area contributed by atoms with E-state index in [4.69, 9.17) is 15.3 Å². The van der Waals surface area contributed by atoms with E-state index in [1.165, 1.54) is 0 Å². The molecule has 0 saturated carbocycles. The van der Waals surface area contributed by atoms with E-state index in [0.717, 1.165) is 38.0 Å². The molecule has 0 spiro atoms. The van der Waals surface area contributed by atoms with Crippen LogP contribution in [0.4, 0.5) is 0 Å². The number of carbonyl (C=O) groups is 1. The number of hydrogen-bond donors (Lipinski definition) is 2. The van der Waals surface area contributed by atoms with Gasteiger partial charge < -0.3 is 15.3 Å². The van der Waals surface area contributed by atoms with Gasteiger partial charge in [-0.2, -0.15) is 0 Å². The Kier molecular flexibility index (Phi) is 3.49. The van der Waals surface area contributed by atoms with E-state index in [1.54, 1.807) is 13.0 Å². The van der Waals surface area contributed by atoms with Gasteiger partial charge in [0.1, 0.15) is 5.76 Å². The van der Waals surface area contributed by atoms with Gasteiger partial charge in [-0.25, -0.2) is 4.79 Å². The molecule has 2 rings (SSSR count). The van der Waals surface area contributed by atoms with Crippen molar-refractivity contribution < 1.29 is 14.3 Å². The quantitative estimate of drug-likeness (QED) is 0.827. The number of aromatic carboxylic acids is 1. The molecule has 5 nitrogen and oxygen atoms in total. The standard InChI is InChI=1S/C12H18N2O3/c1-8-9(6-11(17-8)12(15)16)7-14-4-2-10(13)3-5-14/h6,10H,2-5,7,13H2,1H3,(H,15,16). The van der Waals surface area contributed by atoms with E-state index in [0.29, 0.717) is 11.8 Å². The number of aryl methyl sites for hydroxylation is 1. The molecule has 2 heterocycles. The first-order chi connectivity index (χ1) is 8.06. The first-order valence-electron chi connectivity index (χ1n) is 5.87. The van der Waals surface area contributed by atoms with E-state index in [-0.39, 0.29) is 5.76 Å². The van der Waals surface area contributed by atoms with Crippen LogP contribution in [0.2, 0.25) is 0 Å². The number of piperidine rings is 1. The van der Waals surface area contributed by atoms with Gasteiger partial charge in [0.2, 0.25) is 5.76 Å². The minimum atomic E-state index is -1.01. The zero-order valence-corrected chi connectivity index (χ0v) is 9.98. The second-order valence-electron chi connectivity index (χ2n) is 4.61. The van der Waals surface area contributed by atoms with Crippen molar-refractivity contribution in [3.63, 3.8) is 0 Å². The second kappa shape index (κ2) is 4.89. The molecule has 1 aromatic heterocycles. The number of carboxylic acids is 1. The monoisotopic (exact) mass is 238 g/mol. The zero-order valence-electron chi connectivity index (χ0n) is 9.98. The molecule has 1 aliphatic heterocycles. The third-order valence-corrected chi connectivity index (χ3v) is 3.26. The smallest absolute Gasteiger partial charge is 0.371 e. The normalized spacial score (nSPS) is 18.5. The fraction of sp³-hybridized carbons (Fsp3) is 0.583. The Hall–Kier alpha value is -1.33. The maximum Gasteiger partial charge on any atom is 0.371 e. The Labute approximate surface area is 100 Å². The van der Waals surface area contributed by atoms with Gasteiger partial charge in [-0.05, 0) is 38.9 Å². The molecule has 0 radical (unpaired) electrons. The highest BCUT2D eigenvalue weighted by molar-refractivity contribution is 5.84. The molecule has 17 heavy (non-hydrogen) atoms. The van der Waals surface area contributed by atoms with E-state index < -0.39 is 5.97 Å². The lowest BCUT2D eigenvalue weighted by atomic mass is 10.1. The van der Waals surface area contributed by atoms with Gasteiger partial charge >= 0.3 is 5.97 Å². The molecule has 0 unspecified atom stereocenters. The van der Waals surface area contributed by atoms with Crippen LogP contribution in [-0.4, -0.2) is 35.1 Å². The van der Waals surface area contributed by atoms with Crippen molar-refractivity contribution in [1.82, 2.24) is 4.90 Å². The number of furan rings is 1. The molecule has 94 valence electrons. The summed E-state index contributed by atoms with van der Waals surface area (Å²) in [5.74, 6) is -0.302. The number of nitrogens with zero attached hydrogens (tertiary/aromatic N) is 1. The summed E-state index contributed by atoms with van der Waals surface area (Å²) in [4.78, 5) is 13.1. The van der Waals surface area contributed by atoms with Crippen LogP contribution in [0.5, 0.6) is 0 Å². The second-order valence-corrected chi connectivity index (χ2v) is 4.61. The maximum absolute atomic E-state index is 10.8. The SMILES string of the molecule is Cc1oc(C(=O)O)cc1CN1CCC(N)CC1. The van der Waals surface area contributed by atoms with Crippen LogP contribution in [0, 0.1) is 6.92 Å². The van der Waals surface area contributed by atoms with Crippen molar-refractivity contribution in [1.29, 1.82) is 0 Å². The van der Waals surface area contributed by atoms with Crippen LogP contribution >= 0.6 is 0 Å². The Balaban J connectivity index is 2.01. The topological polar surface area (TPSA) is 79.7 Å². The molecule has 5 heteroatoms. The summed E-state index contributed by atoms with van der Waals surface area (Å²) in [5, 5.41) is 8.84. The van der Waals surface area contributed by atoms with Crippen molar-refractivity contribution >= 4 is 5.97 Å². The van der Waals surface area contributed by atoms with Crippen LogP contribution in [0.25, 0.3) is 0 Å². The number of nitrogens with two attached hydrogens (primary N) is 1. The van der Waals surface area contributed by atoms with E-state index in [1.807, 2.05) is 0 Å². The Morgan fingerprint density at radius 2 is 2.24 bits per heavy atom. The van der Waals surface area contributed by atoms with Gasteiger partial charge in [0.15, 0.2) is 0 Å². The first kappa shape index (κ1) is 12.1. The number of likely N-dealkylation sites (tertiary alicyclic amines) is 1. The summed E-state index contributed by atoms with van der Waals surface area (Å²) in [5.41, 5.74) is 6.80. The third-order valence-electron chi connectivity index (χ3n) is 3.26. The molecule has 0 aromatic carbocycles. The molecule has 0 atom stereocenters. The molecule has 1 aliphatic rings. The van der Waals surface area contributed by atoms with Crippen molar-refractivity contribution in [3.8, 4) is 0 Å². The van der Waals surface area contributed by atoms with Crippen molar-refractivity contribution in [3.05, 3.63) is 23.2 Å². The van der Waals surface area contributed by atoms with Crippen molar-refractivity contribution in [2.45, 2.75) is 32.4 Å². The van der Waals surface area contributed by atoms with Gasteiger partial charge in [0, 0.05) is 18.2 Å². The van der Waals surface area contributed by atoms with Crippen LogP contribution in [0.15, 0.2) is 10.5 Å². The Morgan fingerprint density at radius 3 is 2.76 bits per heavy atom.